The van der Waals surface area contributed by atoms with Gasteiger partial charge in [-0.25, -0.2) is 0 Å². The second-order valence-electron chi connectivity index (χ2n) is 7.59. The van der Waals surface area contributed by atoms with Gasteiger partial charge in [0.15, 0.2) is 5.78 Å². The van der Waals surface area contributed by atoms with Gasteiger partial charge in [0.05, 0.1) is 5.92 Å². The van der Waals surface area contributed by atoms with Crippen LogP contribution in [0.5, 0.6) is 0 Å². The molecule has 0 amide bonds. The van der Waals surface area contributed by atoms with Crippen LogP contribution in [-0.2, 0) is 9.53 Å². The molecule has 27 heavy (non-hydrogen) atoms. The lowest BCUT2D eigenvalue weighted by Gasteiger charge is -2.24. The highest BCUT2D eigenvalue weighted by Crippen LogP contribution is 2.27. The number of benzene rings is 2. The number of rotatable bonds is 8. The largest absolute Gasteiger partial charge is 0.459 e. The van der Waals surface area contributed by atoms with E-state index in [-0.39, 0.29) is 17.7 Å². The molecule has 0 N–H and O–H groups in total. The van der Waals surface area contributed by atoms with Crippen LogP contribution in [0, 0.1) is 0 Å². The van der Waals surface area contributed by atoms with Gasteiger partial charge in [0.2, 0.25) is 0 Å². The fraction of sp³-hybridized carbons (Fsp3) is 0.391. The van der Waals surface area contributed by atoms with Crippen molar-refractivity contribution in [3.63, 3.8) is 0 Å². The van der Waals surface area contributed by atoms with E-state index in [1.807, 2.05) is 57.2 Å². The normalized spacial score (nSPS) is 12.4. The van der Waals surface area contributed by atoms with Crippen molar-refractivity contribution in [1.29, 1.82) is 0 Å². The monoisotopic (exact) mass is 430 g/mol. The van der Waals surface area contributed by atoms with Gasteiger partial charge in [0, 0.05) is 16.5 Å². The van der Waals surface area contributed by atoms with Crippen LogP contribution >= 0.6 is 15.9 Å². The van der Waals surface area contributed by atoms with Gasteiger partial charge in [-0.05, 0) is 45.2 Å². The summed E-state index contributed by atoms with van der Waals surface area (Å²) in [5, 5.41) is 0.903. The van der Waals surface area contributed by atoms with Crippen LogP contribution in [0.15, 0.2) is 54.6 Å². The van der Waals surface area contributed by atoms with Gasteiger partial charge in [-0.1, -0.05) is 70.9 Å². The van der Waals surface area contributed by atoms with Crippen molar-refractivity contribution in [2.45, 2.75) is 51.6 Å². The van der Waals surface area contributed by atoms with Crippen LogP contribution < -0.4 is 0 Å². The quantitative estimate of drug-likeness (QED) is 0.226. The van der Waals surface area contributed by atoms with E-state index in [2.05, 4.69) is 15.9 Å². The van der Waals surface area contributed by atoms with Crippen LogP contribution in [0.4, 0.5) is 0 Å². The van der Waals surface area contributed by atoms with Crippen molar-refractivity contribution in [3.05, 3.63) is 71.3 Å². The van der Waals surface area contributed by atoms with Gasteiger partial charge in [-0.15, -0.1) is 0 Å². The van der Waals surface area contributed by atoms with E-state index in [4.69, 9.17) is 4.74 Å². The summed E-state index contributed by atoms with van der Waals surface area (Å²) >= 11 is 3.44. The zero-order chi connectivity index (χ0) is 19.9. The van der Waals surface area contributed by atoms with E-state index < -0.39 is 5.60 Å². The summed E-state index contributed by atoms with van der Waals surface area (Å²) in [6.07, 6.45) is 2.59. The van der Waals surface area contributed by atoms with Gasteiger partial charge < -0.3 is 4.74 Å². The van der Waals surface area contributed by atoms with Crippen molar-refractivity contribution >= 4 is 27.7 Å². The molecule has 0 spiro atoms. The molecule has 2 rings (SSSR count). The topological polar surface area (TPSA) is 43.4 Å². The first-order chi connectivity index (χ1) is 12.8. The number of carbonyl (C=O) groups is 2. The molecule has 3 nitrogen and oxygen atoms in total. The first kappa shape index (κ1) is 21.4. The summed E-state index contributed by atoms with van der Waals surface area (Å²) in [6.45, 7) is 5.61. The highest BCUT2D eigenvalue weighted by Gasteiger charge is 2.27. The van der Waals surface area contributed by atoms with Gasteiger partial charge >= 0.3 is 5.97 Å². The molecule has 0 bridgehead atoms. The Labute approximate surface area is 170 Å². The van der Waals surface area contributed by atoms with Gasteiger partial charge in [-0.2, -0.15) is 0 Å². The second-order valence-corrected chi connectivity index (χ2v) is 8.38. The van der Waals surface area contributed by atoms with Crippen LogP contribution in [0.3, 0.4) is 0 Å². The van der Waals surface area contributed by atoms with Crippen LogP contribution in [0.1, 0.15) is 67.4 Å². The molecule has 4 heteroatoms. The van der Waals surface area contributed by atoms with E-state index >= 15 is 0 Å². The summed E-state index contributed by atoms with van der Waals surface area (Å²) in [4.78, 5) is 25.5. The summed E-state index contributed by atoms with van der Waals surface area (Å²) in [7, 11) is 0. The minimum Gasteiger partial charge on any atom is -0.459 e. The van der Waals surface area contributed by atoms with Crippen molar-refractivity contribution in [1.82, 2.24) is 0 Å². The lowest BCUT2D eigenvalue weighted by molar-refractivity contribution is -0.157. The Morgan fingerprint density at radius 2 is 1.63 bits per heavy atom. The number of alkyl halides is 1. The second kappa shape index (κ2) is 9.84. The third-order valence-electron chi connectivity index (χ3n) is 4.15. The molecular weight excluding hydrogens is 404 g/mol. The zero-order valence-electron chi connectivity index (χ0n) is 16.2. The standard InChI is InChI=1S/C23H27BrO3/c1-23(2,3)27-22(26)20(14-7-8-15-24)18-12-9-13-19(16-18)21(25)17-10-5-4-6-11-17/h4-6,9-13,16,20H,7-8,14-15H2,1-3H3. The Bertz CT molecular complexity index is 763. The van der Waals surface area contributed by atoms with E-state index in [1.165, 1.54) is 0 Å². The molecule has 0 fully saturated rings. The van der Waals surface area contributed by atoms with Gasteiger partial charge in [-0.3, -0.25) is 9.59 Å². The smallest absolute Gasteiger partial charge is 0.313 e. The minimum absolute atomic E-state index is 0.0409. The Morgan fingerprint density at radius 1 is 0.963 bits per heavy atom. The number of hydrogen-bond acceptors (Lipinski definition) is 3. The maximum absolute atomic E-state index is 12.8. The molecule has 2 aromatic carbocycles. The first-order valence-electron chi connectivity index (χ1n) is 9.30. The maximum atomic E-state index is 12.8. The fourth-order valence-electron chi connectivity index (χ4n) is 2.89. The number of halogens is 1. The average Bonchev–Trinajstić information content (AvgIpc) is 2.64. The summed E-state index contributed by atoms with van der Waals surface area (Å²) < 4.78 is 5.63. The molecule has 0 aliphatic carbocycles. The number of ketones is 1. The molecule has 144 valence electrons. The van der Waals surface area contributed by atoms with E-state index in [0.717, 1.165) is 23.7 Å². The molecule has 1 atom stereocenters. The third kappa shape index (κ3) is 6.62. The van der Waals surface area contributed by atoms with Crippen molar-refractivity contribution in [3.8, 4) is 0 Å². The fourth-order valence-corrected chi connectivity index (χ4v) is 3.29. The van der Waals surface area contributed by atoms with Gasteiger partial charge in [0.1, 0.15) is 5.60 Å². The molecule has 0 aliphatic heterocycles. The minimum atomic E-state index is -0.539. The number of ether oxygens (including phenoxy) is 1. The van der Waals surface area contributed by atoms with Crippen LogP contribution in [0.2, 0.25) is 0 Å². The molecule has 0 radical (unpaired) electrons. The summed E-state index contributed by atoms with van der Waals surface area (Å²) in [5.41, 5.74) is 1.53. The molecule has 0 aliphatic rings. The highest BCUT2D eigenvalue weighted by atomic mass is 79.9. The Hall–Kier alpha value is -1.94. The third-order valence-corrected chi connectivity index (χ3v) is 4.72. The zero-order valence-corrected chi connectivity index (χ0v) is 17.8. The van der Waals surface area contributed by atoms with Crippen molar-refractivity contribution < 1.29 is 14.3 Å². The average molecular weight is 431 g/mol. The van der Waals surface area contributed by atoms with E-state index in [1.54, 1.807) is 18.2 Å². The summed E-state index contributed by atoms with van der Waals surface area (Å²) in [5.74, 6) is -0.644. The SMILES string of the molecule is CC(C)(C)OC(=O)C(CCCCBr)c1cccc(C(=O)c2ccccc2)c1. The summed E-state index contributed by atoms with van der Waals surface area (Å²) in [6, 6.07) is 16.6. The van der Waals surface area contributed by atoms with Crippen LogP contribution in [-0.4, -0.2) is 22.7 Å². The van der Waals surface area contributed by atoms with Crippen LogP contribution in [0.25, 0.3) is 0 Å². The molecule has 0 heterocycles. The molecule has 1 unspecified atom stereocenters. The predicted octanol–water partition coefficient (Wildman–Crippen LogP) is 5.91. The lowest BCUT2D eigenvalue weighted by Crippen LogP contribution is -2.28. The molecular formula is C23H27BrO3. The van der Waals surface area contributed by atoms with Crippen molar-refractivity contribution in [2.75, 3.05) is 5.33 Å². The maximum Gasteiger partial charge on any atom is 0.313 e. The van der Waals surface area contributed by atoms with Crippen molar-refractivity contribution in [2.24, 2.45) is 0 Å². The Morgan fingerprint density at radius 3 is 2.26 bits per heavy atom. The molecule has 2 aromatic rings. The number of hydrogen-bond donors (Lipinski definition) is 0. The Kier molecular flexibility index (Phi) is 7.78. The van der Waals surface area contributed by atoms with Gasteiger partial charge in [0.25, 0.3) is 0 Å². The number of carbonyl (C=O) groups excluding carboxylic acids is 2. The molecule has 0 saturated carbocycles. The van der Waals surface area contributed by atoms with E-state index in [9.17, 15) is 9.59 Å². The molecule has 0 aromatic heterocycles. The molecule has 0 saturated heterocycles. The lowest BCUT2D eigenvalue weighted by atomic mass is 9.91. The Balaban J connectivity index is 2.29. The predicted molar refractivity (Wildman–Crippen MR) is 113 cm³/mol. The number of unbranched alkanes of at least 4 members (excludes halogenated alkanes) is 1. The highest BCUT2D eigenvalue weighted by molar-refractivity contribution is 9.09. The first-order valence-corrected chi connectivity index (χ1v) is 10.4. The number of esters is 1. The van der Waals surface area contributed by atoms with E-state index in [0.29, 0.717) is 17.5 Å².